The van der Waals surface area contributed by atoms with Crippen LogP contribution < -0.4 is 15.2 Å². The van der Waals surface area contributed by atoms with Crippen molar-refractivity contribution in [1.82, 2.24) is 0 Å². The van der Waals surface area contributed by atoms with E-state index in [4.69, 9.17) is 4.74 Å². The number of nitrogens with one attached hydrogen (secondary N) is 1. The van der Waals surface area contributed by atoms with Gasteiger partial charge in [-0.3, -0.25) is 4.79 Å². The number of anilines is 1. The molecular weight excluding hydrogens is 282 g/mol. The Bertz CT molecular complexity index is 596. The van der Waals surface area contributed by atoms with Crippen LogP contribution in [0.3, 0.4) is 0 Å². The fourth-order valence-electron chi connectivity index (χ4n) is 3.29. The summed E-state index contributed by atoms with van der Waals surface area (Å²) < 4.78 is 5.22. The molecular formula is C17H22NO4-. The van der Waals surface area contributed by atoms with Crippen LogP contribution in [0.2, 0.25) is 0 Å². The minimum atomic E-state index is -1.09. The monoisotopic (exact) mass is 304 g/mol. The smallest absolute Gasteiger partial charge is 0.228 e. The molecule has 2 atom stereocenters. The van der Waals surface area contributed by atoms with Crippen LogP contribution in [-0.2, 0) is 9.59 Å². The summed E-state index contributed by atoms with van der Waals surface area (Å²) in [4.78, 5) is 24.1. The number of benzene rings is 1. The van der Waals surface area contributed by atoms with Crippen LogP contribution in [0.25, 0.3) is 0 Å². The van der Waals surface area contributed by atoms with Crippen LogP contribution >= 0.6 is 0 Å². The summed E-state index contributed by atoms with van der Waals surface area (Å²) in [7, 11) is 1.54. The fraction of sp³-hybridized carbons (Fsp3) is 0.529. The molecule has 0 saturated heterocycles. The van der Waals surface area contributed by atoms with E-state index in [2.05, 4.69) is 5.32 Å². The van der Waals surface area contributed by atoms with E-state index < -0.39 is 16.8 Å². The van der Waals surface area contributed by atoms with Crippen molar-refractivity contribution in [3.05, 3.63) is 24.3 Å². The largest absolute Gasteiger partial charge is 0.550 e. The number of carbonyl (C=O) groups is 2. The van der Waals surface area contributed by atoms with Gasteiger partial charge in [0.15, 0.2) is 0 Å². The van der Waals surface area contributed by atoms with Gasteiger partial charge in [0.25, 0.3) is 0 Å². The summed E-state index contributed by atoms with van der Waals surface area (Å²) >= 11 is 0. The molecule has 22 heavy (non-hydrogen) atoms. The lowest BCUT2D eigenvalue weighted by Gasteiger charge is -2.41. The number of carboxylic acid groups (broad SMARTS) is 1. The molecule has 1 aliphatic rings. The minimum absolute atomic E-state index is 0.181. The molecule has 0 bridgehead atoms. The number of hydrogen-bond donors (Lipinski definition) is 1. The second-order valence-corrected chi connectivity index (χ2v) is 6.62. The highest BCUT2D eigenvalue weighted by Gasteiger charge is 2.54. The van der Waals surface area contributed by atoms with Crippen molar-refractivity contribution in [1.29, 1.82) is 0 Å². The number of carbonyl (C=O) groups excluding carboxylic acids is 2. The molecule has 1 aliphatic carbocycles. The van der Waals surface area contributed by atoms with Crippen molar-refractivity contribution >= 4 is 17.6 Å². The maximum atomic E-state index is 12.6. The van der Waals surface area contributed by atoms with Crippen LogP contribution in [0, 0.1) is 16.7 Å². The number of hydrogen-bond acceptors (Lipinski definition) is 4. The van der Waals surface area contributed by atoms with E-state index in [0.29, 0.717) is 24.3 Å². The first-order valence-electron chi connectivity index (χ1n) is 7.39. The first kappa shape index (κ1) is 16.3. The quantitative estimate of drug-likeness (QED) is 0.920. The van der Waals surface area contributed by atoms with Gasteiger partial charge in [0.1, 0.15) is 5.75 Å². The number of carboxylic acids is 1. The molecule has 2 rings (SSSR count). The third kappa shape index (κ3) is 2.45. The average molecular weight is 304 g/mol. The van der Waals surface area contributed by atoms with Crippen LogP contribution in [-0.4, -0.2) is 19.0 Å². The number of methoxy groups -OCH3 is 1. The molecule has 0 spiro atoms. The molecule has 1 aromatic carbocycles. The van der Waals surface area contributed by atoms with E-state index in [1.807, 2.05) is 26.0 Å². The van der Waals surface area contributed by atoms with E-state index in [0.717, 1.165) is 0 Å². The normalized spacial score (nSPS) is 26.5. The van der Waals surface area contributed by atoms with E-state index in [1.165, 1.54) is 7.11 Å². The van der Waals surface area contributed by atoms with Crippen LogP contribution in [0.4, 0.5) is 5.69 Å². The number of ether oxygens (including phenoxy) is 1. The third-order valence-electron chi connectivity index (χ3n) is 5.36. The Morgan fingerprint density at radius 3 is 2.45 bits per heavy atom. The molecule has 0 aromatic heterocycles. The van der Waals surface area contributed by atoms with Gasteiger partial charge in [-0.1, -0.05) is 32.9 Å². The van der Waals surface area contributed by atoms with Gasteiger partial charge in [-0.05, 0) is 30.4 Å². The third-order valence-corrected chi connectivity index (χ3v) is 5.36. The van der Waals surface area contributed by atoms with Gasteiger partial charge in [0.05, 0.1) is 12.8 Å². The second-order valence-electron chi connectivity index (χ2n) is 6.62. The highest BCUT2D eigenvalue weighted by Crippen LogP contribution is 2.55. The van der Waals surface area contributed by atoms with E-state index >= 15 is 0 Å². The standard InChI is InChI=1S/C17H23NO4/c1-16(2)11(9-10-17(16,3)15(20)21)14(19)18-12-7-5-6-8-13(12)22-4/h5-8,11H,9-10H2,1-4H3,(H,18,19)(H,20,21)/p-1/t11-,17-/m0/s1. The Labute approximate surface area is 130 Å². The summed E-state index contributed by atoms with van der Waals surface area (Å²) in [6.07, 6.45) is 0.963. The second kappa shape index (κ2) is 5.63. The van der Waals surface area contributed by atoms with Gasteiger partial charge in [-0.15, -0.1) is 0 Å². The Morgan fingerprint density at radius 1 is 1.27 bits per heavy atom. The predicted octanol–water partition coefficient (Wildman–Crippen LogP) is 1.83. The fourth-order valence-corrected chi connectivity index (χ4v) is 3.29. The summed E-state index contributed by atoms with van der Waals surface area (Å²) in [5.41, 5.74) is -1.10. The molecule has 1 saturated carbocycles. The van der Waals surface area contributed by atoms with E-state index in [9.17, 15) is 14.7 Å². The molecule has 120 valence electrons. The summed E-state index contributed by atoms with van der Waals surface area (Å²) in [6, 6.07) is 7.15. The zero-order chi connectivity index (χ0) is 16.5. The van der Waals surface area contributed by atoms with Crippen LogP contribution in [0.15, 0.2) is 24.3 Å². The lowest BCUT2D eigenvalue weighted by molar-refractivity contribution is -0.323. The number of amides is 1. The first-order chi connectivity index (χ1) is 10.2. The van der Waals surface area contributed by atoms with Crippen molar-refractivity contribution in [3.8, 4) is 5.75 Å². The number of rotatable bonds is 4. The number of para-hydroxylation sites is 2. The number of aliphatic carboxylic acids is 1. The molecule has 0 aliphatic heterocycles. The maximum Gasteiger partial charge on any atom is 0.228 e. The van der Waals surface area contributed by atoms with Crippen molar-refractivity contribution < 1.29 is 19.4 Å². The lowest BCUT2D eigenvalue weighted by atomic mass is 9.65. The zero-order valence-corrected chi connectivity index (χ0v) is 13.4. The molecule has 0 unspecified atom stereocenters. The Hall–Kier alpha value is -2.04. The first-order valence-corrected chi connectivity index (χ1v) is 7.39. The Balaban J connectivity index is 2.22. The molecule has 0 radical (unpaired) electrons. The van der Waals surface area contributed by atoms with Crippen LogP contribution in [0.1, 0.15) is 33.6 Å². The highest BCUT2D eigenvalue weighted by atomic mass is 16.5. The van der Waals surface area contributed by atoms with Crippen molar-refractivity contribution in [3.63, 3.8) is 0 Å². The summed E-state index contributed by atoms with van der Waals surface area (Å²) in [5.74, 6) is -1.08. The molecule has 1 aromatic rings. The van der Waals surface area contributed by atoms with Gasteiger partial charge in [-0.25, -0.2) is 0 Å². The maximum absolute atomic E-state index is 12.6. The van der Waals surface area contributed by atoms with Crippen LogP contribution in [0.5, 0.6) is 5.75 Å². The molecule has 1 N–H and O–H groups in total. The van der Waals surface area contributed by atoms with Gasteiger partial charge in [0.2, 0.25) is 5.91 Å². The van der Waals surface area contributed by atoms with Gasteiger partial charge in [0, 0.05) is 17.3 Å². The van der Waals surface area contributed by atoms with Gasteiger partial charge in [-0.2, -0.15) is 0 Å². The summed E-state index contributed by atoms with van der Waals surface area (Å²) in [6.45, 7) is 5.31. The average Bonchev–Trinajstić information content (AvgIpc) is 2.71. The summed E-state index contributed by atoms with van der Waals surface area (Å²) in [5, 5.41) is 14.4. The Morgan fingerprint density at radius 2 is 1.91 bits per heavy atom. The van der Waals surface area contributed by atoms with Gasteiger partial charge < -0.3 is 20.0 Å². The zero-order valence-electron chi connectivity index (χ0n) is 13.4. The topological polar surface area (TPSA) is 78.5 Å². The molecule has 1 amide bonds. The van der Waals surface area contributed by atoms with Crippen molar-refractivity contribution in [2.24, 2.45) is 16.7 Å². The highest BCUT2D eigenvalue weighted by molar-refractivity contribution is 5.95. The molecule has 1 fully saturated rings. The lowest BCUT2D eigenvalue weighted by Crippen LogP contribution is -2.49. The van der Waals surface area contributed by atoms with E-state index in [1.54, 1.807) is 19.1 Å². The van der Waals surface area contributed by atoms with Gasteiger partial charge >= 0.3 is 0 Å². The van der Waals surface area contributed by atoms with E-state index in [-0.39, 0.29) is 11.8 Å². The van der Waals surface area contributed by atoms with Crippen molar-refractivity contribution in [2.45, 2.75) is 33.6 Å². The SMILES string of the molecule is COc1ccccc1NC(=O)[C@@H]1CC[C@@](C)(C(=O)[O-])C1(C)C. The molecule has 5 heteroatoms. The minimum Gasteiger partial charge on any atom is -0.550 e. The molecule has 5 nitrogen and oxygen atoms in total. The molecule has 0 heterocycles. The Kier molecular flexibility index (Phi) is 4.18. The van der Waals surface area contributed by atoms with Crippen molar-refractivity contribution in [2.75, 3.05) is 12.4 Å². The predicted molar refractivity (Wildman–Crippen MR) is 81.2 cm³/mol.